The minimum atomic E-state index is -4.66. The summed E-state index contributed by atoms with van der Waals surface area (Å²) in [7, 11) is 0. The number of Topliss-reactive ketones (excluding diaryl/α,β-unsaturated/α-hetero) is 1. The number of alkyl halides is 3. The topological polar surface area (TPSA) is 30.0 Å². The Kier molecular flexibility index (Phi) is 3.85. The van der Waals surface area contributed by atoms with Gasteiger partial charge >= 0.3 is 6.18 Å². The van der Waals surface area contributed by atoms with Crippen molar-refractivity contribution < 1.29 is 22.4 Å². The molecule has 1 aromatic heterocycles. The van der Waals surface area contributed by atoms with E-state index in [1.807, 2.05) is 0 Å². The Hall–Kier alpha value is -1.46. The fourth-order valence-corrected chi connectivity index (χ4v) is 1.19. The first-order valence-corrected chi connectivity index (χ1v) is 5.04. The highest BCUT2D eigenvalue weighted by molar-refractivity contribution is 5.96. The number of pyridine rings is 1. The maximum Gasteiger partial charge on any atom is 0.417 e. The van der Waals surface area contributed by atoms with Gasteiger partial charge in [-0.3, -0.25) is 4.79 Å². The first-order valence-electron chi connectivity index (χ1n) is 5.04. The normalized spacial score (nSPS) is 13.5. The van der Waals surface area contributed by atoms with Crippen LogP contribution in [0.15, 0.2) is 12.3 Å². The van der Waals surface area contributed by atoms with E-state index < -0.39 is 35.0 Å². The molecule has 0 bridgehead atoms. The second kappa shape index (κ2) is 4.81. The number of carbonyl (C=O) groups is 1. The molecule has 6 heteroatoms. The van der Waals surface area contributed by atoms with Crippen molar-refractivity contribution in [2.75, 3.05) is 0 Å². The Balaban J connectivity index is 3.11. The van der Waals surface area contributed by atoms with E-state index in [1.165, 1.54) is 0 Å². The summed E-state index contributed by atoms with van der Waals surface area (Å²) in [6.45, 7) is 3.30. The molecular weight excluding hydrogens is 238 g/mol. The molecule has 0 aliphatic carbocycles. The van der Waals surface area contributed by atoms with Gasteiger partial charge in [-0.15, -0.1) is 0 Å². The fourth-order valence-electron chi connectivity index (χ4n) is 1.19. The maximum absolute atomic E-state index is 13.3. The molecule has 1 rings (SSSR count). The van der Waals surface area contributed by atoms with Crippen molar-refractivity contribution in [3.63, 3.8) is 0 Å². The van der Waals surface area contributed by atoms with E-state index in [4.69, 9.17) is 0 Å². The van der Waals surface area contributed by atoms with Crippen molar-refractivity contribution >= 4 is 5.78 Å². The standard InChI is InChI=1S/C11H11F4NO/c1-3-6(2)10(17)9-8(12)4-7(5-16-9)11(13,14)15/h4-6H,3H2,1-2H3. The van der Waals surface area contributed by atoms with Gasteiger partial charge in [-0.05, 0) is 12.5 Å². The summed E-state index contributed by atoms with van der Waals surface area (Å²) in [5.41, 5.74) is -1.73. The van der Waals surface area contributed by atoms with Crippen LogP contribution in [0.1, 0.15) is 36.3 Å². The van der Waals surface area contributed by atoms with Gasteiger partial charge in [0.25, 0.3) is 0 Å². The zero-order valence-corrected chi connectivity index (χ0v) is 9.31. The lowest BCUT2D eigenvalue weighted by Gasteiger charge is -2.10. The molecule has 0 aromatic carbocycles. The predicted molar refractivity (Wildman–Crippen MR) is 53.0 cm³/mol. The van der Waals surface area contributed by atoms with Crippen molar-refractivity contribution in [2.45, 2.75) is 26.4 Å². The van der Waals surface area contributed by atoms with Crippen LogP contribution in [-0.2, 0) is 6.18 Å². The molecule has 94 valence electrons. The predicted octanol–water partition coefficient (Wildman–Crippen LogP) is 3.47. The van der Waals surface area contributed by atoms with Gasteiger partial charge < -0.3 is 0 Å². The van der Waals surface area contributed by atoms with Crippen LogP contribution in [0.4, 0.5) is 17.6 Å². The van der Waals surface area contributed by atoms with Crippen LogP contribution in [0, 0.1) is 11.7 Å². The number of hydrogen-bond acceptors (Lipinski definition) is 2. The largest absolute Gasteiger partial charge is 0.417 e. The van der Waals surface area contributed by atoms with Gasteiger partial charge in [-0.2, -0.15) is 13.2 Å². The van der Waals surface area contributed by atoms with E-state index in [9.17, 15) is 22.4 Å². The van der Waals surface area contributed by atoms with E-state index in [2.05, 4.69) is 4.98 Å². The molecule has 1 heterocycles. The zero-order valence-electron chi connectivity index (χ0n) is 9.31. The third-order valence-electron chi connectivity index (χ3n) is 2.46. The van der Waals surface area contributed by atoms with Crippen LogP contribution in [0.5, 0.6) is 0 Å². The second-order valence-corrected chi connectivity index (χ2v) is 3.73. The van der Waals surface area contributed by atoms with Crippen molar-refractivity contribution in [2.24, 2.45) is 5.92 Å². The van der Waals surface area contributed by atoms with Crippen molar-refractivity contribution in [1.29, 1.82) is 0 Å². The average molecular weight is 249 g/mol. The van der Waals surface area contributed by atoms with E-state index in [-0.39, 0.29) is 0 Å². The summed E-state index contributed by atoms with van der Waals surface area (Å²) in [5.74, 6) is -2.28. The lowest BCUT2D eigenvalue weighted by atomic mass is 10.00. The number of halogens is 4. The summed E-state index contributed by atoms with van der Waals surface area (Å²) in [4.78, 5) is 14.8. The van der Waals surface area contributed by atoms with Gasteiger partial charge in [0.05, 0.1) is 5.56 Å². The summed E-state index contributed by atoms with van der Waals surface area (Å²) < 4.78 is 50.0. The van der Waals surface area contributed by atoms with E-state index >= 15 is 0 Å². The Bertz CT molecular complexity index is 428. The minimum absolute atomic E-state index is 0.294. The second-order valence-electron chi connectivity index (χ2n) is 3.73. The van der Waals surface area contributed by atoms with Gasteiger partial charge in [-0.1, -0.05) is 13.8 Å². The number of nitrogens with zero attached hydrogens (tertiary/aromatic N) is 1. The van der Waals surface area contributed by atoms with Gasteiger partial charge in [0.2, 0.25) is 0 Å². The van der Waals surface area contributed by atoms with Crippen LogP contribution in [0.2, 0.25) is 0 Å². The van der Waals surface area contributed by atoms with E-state index in [0.717, 1.165) is 0 Å². The summed E-state index contributed by atoms with van der Waals surface area (Å²) in [6.07, 6.45) is -3.72. The van der Waals surface area contributed by atoms with Crippen LogP contribution >= 0.6 is 0 Å². The Morgan fingerprint density at radius 1 is 1.47 bits per heavy atom. The molecule has 0 saturated heterocycles. The lowest BCUT2D eigenvalue weighted by molar-refractivity contribution is -0.138. The third kappa shape index (κ3) is 3.01. The highest BCUT2D eigenvalue weighted by atomic mass is 19.4. The number of carbonyl (C=O) groups excluding carboxylic acids is 1. The quantitative estimate of drug-likeness (QED) is 0.606. The van der Waals surface area contributed by atoms with Gasteiger partial charge in [0.15, 0.2) is 11.6 Å². The third-order valence-corrected chi connectivity index (χ3v) is 2.46. The lowest BCUT2D eigenvalue weighted by Crippen LogP contribution is -2.16. The highest BCUT2D eigenvalue weighted by Gasteiger charge is 2.32. The molecule has 0 N–H and O–H groups in total. The smallest absolute Gasteiger partial charge is 0.292 e. The molecule has 1 unspecified atom stereocenters. The summed E-state index contributed by atoms with van der Waals surface area (Å²) in [6, 6.07) is 0.294. The number of ketones is 1. The molecule has 0 aliphatic heterocycles. The summed E-state index contributed by atoms with van der Waals surface area (Å²) >= 11 is 0. The van der Waals surface area contributed by atoms with Crippen LogP contribution in [0.3, 0.4) is 0 Å². The first kappa shape index (κ1) is 13.6. The van der Waals surface area contributed by atoms with E-state index in [1.54, 1.807) is 13.8 Å². The van der Waals surface area contributed by atoms with Crippen LogP contribution < -0.4 is 0 Å². The summed E-state index contributed by atoms with van der Waals surface area (Å²) in [5, 5.41) is 0. The Labute approximate surface area is 95.7 Å². The molecule has 0 radical (unpaired) electrons. The zero-order chi connectivity index (χ0) is 13.2. The molecule has 0 spiro atoms. The monoisotopic (exact) mass is 249 g/mol. The maximum atomic E-state index is 13.3. The van der Waals surface area contributed by atoms with Crippen LogP contribution in [0.25, 0.3) is 0 Å². The molecular formula is C11H11F4NO. The van der Waals surface area contributed by atoms with Crippen molar-refractivity contribution in [3.8, 4) is 0 Å². The minimum Gasteiger partial charge on any atom is -0.292 e. The van der Waals surface area contributed by atoms with E-state index in [0.29, 0.717) is 18.7 Å². The number of hydrogen-bond donors (Lipinski definition) is 0. The average Bonchev–Trinajstić information content (AvgIpc) is 2.25. The Morgan fingerprint density at radius 2 is 2.06 bits per heavy atom. The van der Waals surface area contributed by atoms with Crippen molar-refractivity contribution in [3.05, 3.63) is 29.3 Å². The molecule has 0 fully saturated rings. The molecule has 1 atom stereocenters. The van der Waals surface area contributed by atoms with Crippen molar-refractivity contribution in [1.82, 2.24) is 4.98 Å². The SMILES string of the molecule is CCC(C)C(=O)c1ncc(C(F)(F)F)cc1F. The Morgan fingerprint density at radius 3 is 2.47 bits per heavy atom. The molecule has 2 nitrogen and oxygen atoms in total. The fraction of sp³-hybridized carbons (Fsp3) is 0.455. The molecule has 0 saturated carbocycles. The molecule has 1 aromatic rings. The van der Waals surface area contributed by atoms with Gasteiger partial charge in [0, 0.05) is 12.1 Å². The van der Waals surface area contributed by atoms with Gasteiger partial charge in [-0.25, -0.2) is 9.37 Å². The molecule has 0 aliphatic rings. The highest BCUT2D eigenvalue weighted by Crippen LogP contribution is 2.29. The van der Waals surface area contributed by atoms with Gasteiger partial charge in [0.1, 0.15) is 5.69 Å². The number of rotatable bonds is 3. The first-order chi connectivity index (χ1) is 7.77. The number of aromatic nitrogens is 1. The molecule has 0 amide bonds. The van der Waals surface area contributed by atoms with Crippen LogP contribution in [-0.4, -0.2) is 10.8 Å². The molecule has 17 heavy (non-hydrogen) atoms.